The van der Waals surface area contributed by atoms with Gasteiger partial charge in [0.25, 0.3) is 0 Å². The lowest BCUT2D eigenvalue weighted by molar-refractivity contribution is 0.0963. The van der Waals surface area contributed by atoms with Crippen molar-refractivity contribution in [3.63, 3.8) is 0 Å². The molecule has 1 amide bonds. The largest absolute Gasteiger partial charge is 0.355 e. The second-order valence-corrected chi connectivity index (χ2v) is 2.36. The Kier molecular flexibility index (Phi) is 2.60. The van der Waals surface area contributed by atoms with Gasteiger partial charge in [0.1, 0.15) is 5.82 Å². The number of halogens is 1. The first kappa shape index (κ1) is 9.20. The molecule has 0 bridgehead atoms. The smallest absolute Gasteiger partial charge is 0.249 e. The van der Waals surface area contributed by atoms with Gasteiger partial charge in [-0.1, -0.05) is 0 Å². The molecule has 0 aliphatic carbocycles. The SMILES string of the molecule is [C-]#[N+]c1cc(C(=O)NC)ccc1F. The number of rotatable bonds is 1. The molecule has 13 heavy (non-hydrogen) atoms. The van der Waals surface area contributed by atoms with Crippen LogP contribution in [-0.2, 0) is 0 Å². The van der Waals surface area contributed by atoms with Gasteiger partial charge >= 0.3 is 0 Å². The summed E-state index contributed by atoms with van der Waals surface area (Å²) in [6.45, 7) is 6.63. The van der Waals surface area contributed by atoms with Crippen LogP contribution < -0.4 is 5.32 Å². The monoisotopic (exact) mass is 178 g/mol. The van der Waals surface area contributed by atoms with E-state index in [1.807, 2.05) is 0 Å². The van der Waals surface area contributed by atoms with Crippen LogP contribution in [0.2, 0.25) is 0 Å². The minimum Gasteiger partial charge on any atom is -0.355 e. The summed E-state index contributed by atoms with van der Waals surface area (Å²) in [5.74, 6) is -0.937. The van der Waals surface area contributed by atoms with Crippen LogP contribution in [0.3, 0.4) is 0 Å². The number of nitrogens with zero attached hydrogens (tertiary/aromatic N) is 1. The topological polar surface area (TPSA) is 33.5 Å². The fourth-order valence-electron chi connectivity index (χ4n) is 0.884. The Bertz CT molecular complexity index is 382. The summed E-state index contributed by atoms with van der Waals surface area (Å²) in [5.41, 5.74) is 0.149. The molecule has 3 nitrogen and oxygen atoms in total. The van der Waals surface area contributed by atoms with Crippen LogP contribution in [0.5, 0.6) is 0 Å². The zero-order valence-corrected chi connectivity index (χ0v) is 6.97. The molecule has 0 saturated heterocycles. The molecule has 4 heteroatoms. The van der Waals surface area contributed by atoms with E-state index in [2.05, 4.69) is 10.2 Å². The van der Waals surface area contributed by atoms with E-state index >= 15 is 0 Å². The van der Waals surface area contributed by atoms with Crippen LogP contribution >= 0.6 is 0 Å². The Hall–Kier alpha value is -1.89. The minimum absolute atomic E-state index is 0.138. The summed E-state index contributed by atoms with van der Waals surface area (Å²) in [5, 5.41) is 2.39. The summed E-state index contributed by atoms with van der Waals surface area (Å²) < 4.78 is 12.8. The van der Waals surface area contributed by atoms with Crippen LogP contribution in [-0.4, -0.2) is 13.0 Å². The number of benzene rings is 1. The molecule has 0 atom stereocenters. The van der Waals surface area contributed by atoms with Crippen molar-refractivity contribution in [2.45, 2.75) is 0 Å². The summed E-state index contributed by atoms with van der Waals surface area (Å²) in [6.07, 6.45) is 0. The Labute approximate surface area is 75.0 Å². The van der Waals surface area contributed by atoms with E-state index in [1.165, 1.54) is 19.2 Å². The molecular formula is C9H7FN2O. The number of hydrogen-bond donors (Lipinski definition) is 1. The molecule has 0 radical (unpaired) electrons. The molecule has 0 saturated carbocycles. The maximum Gasteiger partial charge on any atom is 0.249 e. The molecule has 0 spiro atoms. The van der Waals surface area contributed by atoms with Gasteiger partial charge < -0.3 is 5.32 Å². The highest BCUT2D eigenvalue weighted by Crippen LogP contribution is 2.18. The first-order chi connectivity index (χ1) is 6.19. The molecule has 0 unspecified atom stereocenters. The van der Waals surface area contributed by atoms with Crippen molar-refractivity contribution < 1.29 is 9.18 Å². The summed E-state index contributed by atoms with van der Waals surface area (Å²) >= 11 is 0. The summed E-state index contributed by atoms with van der Waals surface area (Å²) in [6, 6.07) is 3.67. The first-order valence-corrected chi connectivity index (χ1v) is 3.58. The van der Waals surface area contributed by atoms with Gasteiger partial charge in [0.2, 0.25) is 11.6 Å². The van der Waals surface area contributed by atoms with Crippen molar-refractivity contribution in [3.8, 4) is 0 Å². The molecule has 1 N–H and O–H groups in total. The van der Waals surface area contributed by atoms with Crippen molar-refractivity contribution in [3.05, 3.63) is 41.0 Å². The maximum atomic E-state index is 12.8. The highest BCUT2D eigenvalue weighted by atomic mass is 19.1. The van der Waals surface area contributed by atoms with Gasteiger partial charge in [-0.15, -0.1) is 0 Å². The summed E-state index contributed by atoms with van der Waals surface area (Å²) in [7, 11) is 1.48. The fourth-order valence-corrected chi connectivity index (χ4v) is 0.884. The zero-order chi connectivity index (χ0) is 9.84. The number of carbonyl (C=O) groups is 1. The molecule has 1 rings (SSSR count). The third kappa shape index (κ3) is 1.82. The molecular weight excluding hydrogens is 171 g/mol. The van der Waals surface area contributed by atoms with Crippen molar-refractivity contribution in [1.29, 1.82) is 0 Å². The normalized spacial score (nSPS) is 9.00. The first-order valence-electron chi connectivity index (χ1n) is 3.58. The highest BCUT2D eigenvalue weighted by molar-refractivity contribution is 5.94. The van der Waals surface area contributed by atoms with E-state index in [-0.39, 0.29) is 17.2 Å². The predicted octanol–water partition coefficient (Wildman–Crippen LogP) is 1.74. The minimum atomic E-state index is -0.609. The Morgan fingerprint density at radius 3 is 2.85 bits per heavy atom. The molecule has 1 aromatic rings. The Balaban J connectivity index is 3.15. The van der Waals surface area contributed by atoms with E-state index in [9.17, 15) is 9.18 Å². The van der Waals surface area contributed by atoms with Crippen LogP contribution in [0.1, 0.15) is 10.4 Å². The van der Waals surface area contributed by atoms with Gasteiger partial charge in [0.15, 0.2) is 0 Å². The van der Waals surface area contributed by atoms with Crippen molar-refractivity contribution in [2.75, 3.05) is 7.05 Å². The number of amides is 1. The van der Waals surface area contributed by atoms with Gasteiger partial charge in [-0.3, -0.25) is 4.79 Å². The number of nitrogens with one attached hydrogen (secondary N) is 1. The lowest BCUT2D eigenvalue weighted by Crippen LogP contribution is -2.17. The van der Waals surface area contributed by atoms with Crippen molar-refractivity contribution in [1.82, 2.24) is 5.32 Å². The van der Waals surface area contributed by atoms with Gasteiger partial charge in [0.05, 0.1) is 6.57 Å². The Morgan fingerprint density at radius 2 is 2.31 bits per heavy atom. The average molecular weight is 178 g/mol. The average Bonchev–Trinajstić information content (AvgIpc) is 2.17. The van der Waals surface area contributed by atoms with Gasteiger partial charge in [-0.25, -0.2) is 9.24 Å². The van der Waals surface area contributed by atoms with E-state index < -0.39 is 5.82 Å². The lowest BCUT2D eigenvalue weighted by atomic mass is 10.2. The molecule has 0 aromatic heterocycles. The second kappa shape index (κ2) is 3.68. The third-order valence-corrected chi connectivity index (χ3v) is 1.56. The second-order valence-electron chi connectivity index (χ2n) is 2.36. The van der Waals surface area contributed by atoms with Crippen LogP contribution in [0.15, 0.2) is 18.2 Å². The van der Waals surface area contributed by atoms with Crippen LogP contribution in [0.4, 0.5) is 10.1 Å². The van der Waals surface area contributed by atoms with E-state index in [1.54, 1.807) is 0 Å². The number of hydrogen-bond acceptors (Lipinski definition) is 1. The van der Waals surface area contributed by atoms with Gasteiger partial charge in [-0.05, 0) is 18.2 Å². The van der Waals surface area contributed by atoms with Crippen LogP contribution in [0, 0.1) is 12.4 Å². The molecule has 0 aliphatic rings. The van der Waals surface area contributed by atoms with Crippen LogP contribution in [0.25, 0.3) is 4.85 Å². The molecule has 0 heterocycles. The zero-order valence-electron chi connectivity index (χ0n) is 6.97. The standard InChI is InChI=1S/C9H7FN2O/c1-11-8-5-6(9(13)12-2)3-4-7(8)10/h3-5H,2H3,(H,12,13). The quantitative estimate of drug-likeness (QED) is 0.653. The van der Waals surface area contributed by atoms with Crippen molar-refractivity contribution >= 4 is 11.6 Å². The third-order valence-electron chi connectivity index (χ3n) is 1.56. The van der Waals surface area contributed by atoms with E-state index in [4.69, 9.17) is 6.57 Å². The lowest BCUT2D eigenvalue weighted by Gasteiger charge is -2.00. The fraction of sp³-hybridized carbons (Fsp3) is 0.111. The maximum absolute atomic E-state index is 12.8. The highest BCUT2D eigenvalue weighted by Gasteiger charge is 2.07. The Morgan fingerprint density at radius 1 is 1.62 bits per heavy atom. The van der Waals surface area contributed by atoms with E-state index in [0.29, 0.717) is 0 Å². The molecule has 1 aromatic carbocycles. The van der Waals surface area contributed by atoms with Gasteiger partial charge in [-0.2, -0.15) is 0 Å². The molecule has 0 fully saturated rings. The summed E-state index contributed by atoms with van der Waals surface area (Å²) in [4.78, 5) is 14.0. The van der Waals surface area contributed by atoms with Crippen molar-refractivity contribution in [2.24, 2.45) is 0 Å². The van der Waals surface area contributed by atoms with E-state index in [0.717, 1.165) is 6.07 Å². The number of carbonyl (C=O) groups excluding carboxylic acids is 1. The van der Waals surface area contributed by atoms with Gasteiger partial charge in [0, 0.05) is 12.6 Å². The predicted molar refractivity (Wildman–Crippen MR) is 46.1 cm³/mol. The molecule has 0 aliphatic heterocycles. The molecule has 66 valence electrons.